The van der Waals surface area contributed by atoms with Gasteiger partial charge in [0.25, 0.3) is 6.47 Å². The minimum atomic E-state index is -0.228. The largest absolute Gasteiger partial charge is 0.465 e. The van der Waals surface area contributed by atoms with E-state index in [1.807, 2.05) is 30.3 Å². The second-order valence-corrected chi connectivity index (χ2v) is 3.13. The maximum Gasteiger partial charge on any atom is 0.293 e. The molecule has 1 aromatic rings. The minimum Gasteiger partial charge on any atom is -0.465 e. The number of hydrogen-bond donors (Lipinski definition) is 0. The first-order chi connectivity index (χ1) is 7.29. The lowest BCUT2D eigenvalue weighted by molar-refractivity contribution is -0.132. The molecule has 0 saturated carbocycles. The van der Waals surface area contributed by atoms with E-state index < -0.39 is 0 Å². The standard InChI is InChI=1S/C11H13NO3/c1-12(8-13)11(7-15-9-14)10-5-3-2-4-6-10/h2-6,8-9,11H,7H2,1H3. The van der Waals surface area contributed by atoms with E-state index in [0.717, 1.165) is 5.56 Å². The fourth-order valence-corrected chi connectivity index (χ4v) is 1.33. The predicted octanol–water partition coefficient (Wildman–Crippen LogP) is 0.989. The first-order valence-electron chi connectivity index (χ1n) is 4.57. The maximum atomic E-state index is 10.7. The van der Waals surface area contributed by atoms with Crippen LogP contribution in [0.2, 0.25) is 0 Å². The molecule has 4 heteroatoms. The van der Waals surface area contributed by atoms with Crippen molar-refractivity contribution in [3.05, 3.63) is 35.9 Å². The summed E-state index contributed by atoms with van der Waals surface area (Å²) in [4.78, 5) is 22.3. The van der Waals surface area contributed by atoms with Crippen molar-refractivity contribution in [2.45, 2.75) is 6.04 Å². The van der Waals surface area contributed by atoms with E-state index >= 15 is 0 Å². The van der Waals surface area contributed by atoms with Crippen LogP contribution in [-0.4, -0.2) is 31.4 Å². The average Bonchev–Trinajstić information content (AvgIpc) is 2.30. The summed E-state index contributed by atoms with van der Waals surface area (Å²) >= 11 is 0. The third kappa shape index (κ3) is 3.09. The van der Waals surface area contributed by atoms with Crippen LogP contribution in [0.3, 0.4) is 0 Å². The molecule has 0 spiro atoms. The number of amides is 1. The van der Waals surface area contributed by atoms with Crippen LogP contribution in [0.5, 0.6) is 0 Å². The van der Waals surface area contributed by atoms with Crippen molar-refractivity contribution in [3.63, 3.8) is 0 Å². The Labute approximate surface area is 88.5 Å². The third-order valence-electron chi connectivity index (χ3n) is 2.16. The SMILES string of the molecule is CN(C=O)C(COC=O)c1ccccc1. The number of hydrogen-bond acceptors (Lipinski definition) is 3. The lowest BCUT2D eigenvalue weighted by atomic mass is 10.1. The number of nitrogens with zero attached hydrogens (tertiary/aromatic N) is 1. The maximum absolute atomic E-state index is 10.7. The second kappa shape index (κ2) is 5.80. The summed E-state index contributed by atoms with van der Waals surface area (Å²) < 4.78 is 4.69. The molecule has 0 aliphatic rings. The van der Waals surface area contributed by atoms with E-state index in [2.05, 4.69) is 0 Å². The smallest absolute Gasteiger partial charge is 0.293 e. The van der Waals surface area contributed by atoms with Crippen molar-refractivity contribution in [1.82, 2.24) is 4.90 Å². The van der Waals surface area contributed by atoms with Crippen LogP contribution in [0, 0.1) is 0 Å². The molecular formula is C11H13NO3. The Morgan fingerprint density at radius 1 is 1.33 bits per heavy atom. The van der Waals surface area contributed by atoms with Gasteiger partial charge in [-0.15, -0.1) is 0 Å². The predicted molar refractivity (Wildman–Crippen MR) is 55.0 cm³/mol. The minimum absolute atomic E-state index is 0.169. The van der Waals surface area contributed by atoms with Crippen LogP contribution in [-0.2, 0) is 14.3 Å². The third-order valence-corrected chi connectivity index (χ3v) is 2.16. The zero-order valence-corrected chi connectivity index (χ0v) is 8.50. The Bertz CT molecular complexity index is 313. The van der Waals surface area contributed by atoms with Crippen LogP contribution in [0.1, 0.15) is 11.6 Å². The topological polar surface area (TPSA) is 46.6 Å². The van der Waals surface area contributed by atoms with Crippen LogP contribution in [0.25, 0.3) is 0 Å². The summed E-state index contributed by atoms with van der Waals surface area (Å²) in [5.74, 6) is 0. The van der Waals surface area contributed by atoms with E-state index in [4.69, 9.17) is 4.74 Å². The van der Waals surface area contributed by atoms with Gasteiger partial charge in [0, 0.05) is 7.05 Å². The van der Waals surface area contributed by atoms with Gasteiger partial charge in [0.15, 0.2) is 0 Å². The van der Waals surface area contributed by atoms with Crippen LogP contribution in [0.4, 0.5) is 0 Å². The molecule has 0 N–H and O–H groups in total. The fourth-order valence-electron chi connectivity index (χ4n) is 1.33. The molecule has 0 radical (unpaired) electrons. The Balaban J connectivity index is 2.80. The lowest BCUT2D eigenvalue weighted by Gasteiger charge is -2.23. The normalized spacial score (nSPS) is 11.5. The molecule has 15 heavy (non-hydrogen) atoms. The molecule has 0 aromatic heterocycles. The molecule has 0 heterocycles. The Morgan fingerprint density at radius 3 is 2.53 bits per heavy atom. The van der Waals surface area contributed by atoms with E-state index in [1.165, 1.54) is 4.90 Å². The Morgan fingerprint density at radius 2 is 2.00 bits per heavy atom. The second-order valence-electron chi connectivity index (χ2n) is 3.13. The van der Waals surface area contributed by atoms with Gasteiger partial charge < -0.3 is 9.64 Å². The van der Waals surface area contributed by atoms with Crippen LogP contribution >= 0.6 is 0 Å². The zero-order valence-electron chi connectivity index (χ0n) is 8.50. The molecule has 1 atom stereocenters. The van der Waals surface area contributed by atoms with Gasteiger partial charge >= 0.3 is 0 Å². The van der Waals surface area contributed by atoms with Crippen molar-refractivity contribution in [3.8, 4) is 0 Å². The highest BCUT2D eigenvalue weighted by Crippen LogP contribution is 2.17. The van der Waals surface area contributed by atoms with E-state index in [1.54, 1.807) is 7.05 Å². The summed E-state index contributed by atoms with van der Waals surface area (Å²) in [6, 6.07) is 9.19. The van der Waals surface area contributed by atoms with E-state index in [9.17, 15) is 9.59 Å². The van der Waals surface area contributed by atoms with Crippen molar-refractivity contribution in [2.75, 3.05) is 13.7 Å². The zero-order chi connectivity index (χ0) is 11.1. The van der Waals surface area contributed by atoms with E-state index in [0.29, 0.717) is 12.9 Å². The number of carbonyl (C=O) groups excluding carboxylic acids is 2. The van der Waals surface area contributed by atoms with Crippen molar-refractivity contribution in [1.29, 1.82) is 0 Å². The van der Waals surface area contributed by atoms with Gasteiger partial charge in [0.05, 0.1) is 6.04 Å². The van der Waals surface area contributed by atoms with Gasteiger partial charge in [-0.2, -0.15) is 0 Å². The van der Waals surface area contributed by atoms with Crippen molar-refractivity contribution in [2.24, 2.45) is 0 Å². The highest BCUT2D eigenvalue weighted by molar-refractivity contribution is 5.48. The molecule has 0 saturated heterocycles. The molecule has 0 aliphatic heterocycles. The van der Waals surface area contributed by atoms with Crippen molar-refractivity contribution < 1.29 is 14.3 Å². The van der Waals surface area contributed by atoms with Gasteiger partial charge in [-0.05, 0) is 5.56 Å². The molecule has 1 aromatic carbocycles. The lowest BCUT2D eigenvalue weighted by Crippen LogP contribution is -2.26. The molecule has 1 rings (SSSR count). The highest BCUT2D eigenvalue weighted by Gasteiger charge is 2.15. The summed E-state index contributed by atoms with van der Waals surface area (Å²) in [5, 5.41) is 0. The Hall–Kier alpha value is -1.84. The number of rotatable bonds is 6. The number of carbonyl (C=O) groups is 2. The van der Waals surface area contributed by atoms with Crippen LogP contribution < -0.4 is 0 Å². The molecule has 0 bridgehead atoms. The molecule has 0 aliphatic carbocycles. The molecule has 4 nitrogen and oxygen atoms in total. The fraction of sp³-hybridized carbons (Fsp3) is 0.273. The van der Waals surface area contributed by atoms with Crippen LogP contribution in [0.15, 0.2) is 30.3 Å². The Kier molecular flexibility index (Phi) is 4.34. The van der Waals surface area contributed by atoms with Gasteiger partial charge in [0.2, 0.25) is 6.41 Å². The number of likely N-dealkylation sites (N-methyl/N-ethyl adjacent to an activating group) is 1. The summed E-state index contributed by atoms with van der Waals surface area (Å²) in [7, 11) is 1.65. The summed E-state index contributed by atoms with van der Waals surface area (Å²) in [5.41, 5.74) is 0.939. The van der Waals surface area contributed by atoms with Gasteiger partial charge in [-0.1, -0.05) is 30.3 Å². The molecule has 1 unspecified atom stereocenters. The highest BCUT2D eigenvalue weighted by atomic mass is 16.5. The molecule has 80 valence electrons. The first kappa shape index (κ1) is 11.2. The first-order valence-corrected chi connectivity index (χ1v) is 4.57. The molecular weight excluding hydrogens is 194 g/mol. The molecule has 1 amide bonds. The quantitative estimate of drug-likeness (QED) is 0.653. The monoisotopic (exact) mass is 207 g/mol. The van der Waals surface area contributed by atoms with Gasteiger partial charge in [-0.3, -0.25) is 9.59 Å². The average molecular weight is 207 g/mol. The number of ether oxygens (including phenoxy) is 1. The van der Waals surface area contributed by atoms with Gasteiger partial charge in [-0.25, -0.2) is 0 Å². The van der Waals surface area contributed by atoms with Crippen molar-refractivity contribution >= 4 is 12.9 Å². The van der Waals surface area contributed by atoms with Gasteiger partial charge in [0.1, 0.15) is 6.61 Å². The number of benzene rings is 1. The van der Waals surface area contributed by atoms with E-state index in [-0.39, 0.29) is 12.6 Å². The summed E-state index contributed by atoms with van der Waals surface area (Å²) in [6.07, 6.45) is 0.714. The summed E-state index contributed by atoms with van der Waals surface area (Å²) in [6.45, 7) is 0.553. The molecule has 0 fully saturated rings.